The standard InChI is InChI=1S/C18H30N2O5S/c1-15(2)11-19(9-6-10-21)13-18(23)14-20(12-17(18)22)26(24,25)16-7-4-3-5-8-16/h3-5,7-8,15,17,21-23H,6,9-14H2,1-2H3/t17-,18+/m1/s1. The molecular weight excluding hydrogens is 356 g/mol. The largest absolute Gasteiger partial charge is 0.396 e. The molecule has 7 nitrogen and oxygen atoms in total. The maximum absolute atomic E-state index is 12.8. The maximum Gasteiger partial charge on any atom is 0.243 e. The molecule has 0 aliphatic carbocycles. The quantitative estimate of drug-likeness (QED) is 0.557. The maximum atomic E-state index is 12.8. The predicted octanol–water partition coefficient (Wildman–Crippen LogP) is 0.123. The van der Waals surface area contributed by atoms with Gasteiger partial charge in [-0.2, -0.15) is 4.31 Å². The molecular formula is C18H30N2O5S. The number of benzene rings is 1. The Balaban J connectivity index is 2.14. The molecule has 0 radical (unpaired) electrons. The fraction of sp³-hybridized carbons (Fsp3) is 0.667. The highest BCUT2D eigenvalue weighted by Crippen LogP contribution is 2.28. The zero-order chi connectivity index (χ0) is 19.4. The molecule has 0 aromatic heterocycles. The van der Waals surface area contributed by atoms with Gasteiger partial charge in [0.25, 0.3) is 0 Å². The van der Waals surface area contributed by atoms with Crippen LogP contribution in [0.1, 0.15) is 20.3 Å². The van der Waals surface area contributed by atoms with E-state index in [0.29, 0.717) is 25.4 Å². The molecule has 1 aliphatic rings. The van der Waals surface area contributed by atoms with E-state index in [1.54, 1.807) is 18.2 Å². The Hall–Kier alpha value is -1.03. The van der Waals surface area contributed by atoms with Crippen molar-refractivity contribution in [2.45, 2.75) is 36.9 Å². The van der Waals surface area contributed by atoms with Gasteiger partial charge in [-0.05, 0) is 24.5 Å². The minimum Gasteiger partial charge on any atom is -0.396 e. The van der Waals surface area contributed by atoms with Gasteiger partial charge in [0, 0.05) is 39.3 Å². The van der Waals surface area contributed by atoms with Gasteiger partial charge >= 0.3 is 0 Å². The van der Waals surface area contributed by atoms with Crippen molar-refractivity contribution in [3.63, 3.8) is 0 Å². The third-order valence-electron chi connectivity index (χ3n) is 4.58. The smallest absolute Gasteiger partial charge is 0.243 e. The van der Waals surface area contributed by atoms with E-state index in [4.69, 9.17) is 5.11 Å². The molecule has 1 fully saturated rings. The Kier molecular flexibility index (Phi) is 7.18. The van der Waals surface area contributed by atoms with E-state index in [9.17, 15) is 18.6 Å². The van der Waals surface area contributed by atoms with Crippen LogP contribution in [0.5, 0.6) is 0 Å². The number of β-amino-alcohol motifs (C(OH)–C–C–N with tert-alkyl or cyclic N) is 2. The van der Waals surface area contributed by atoms with Crippen LogP contribution in [0, 0.1) is 5.92 Å². The van der Waals surface area contributed by atoms with Crippen LogP contribution in [0.15, 0.2) is 35.2 Å². The van der Waals surface area contributed by atoms with Crippen molar-refractivity contribution in [2.75, 3.05) is 39.3 Å². The van der Waals surface area contributed by atoms with Crippen molar-refractivity contribution < 1.29 is 23.7 Å². The first-order chi connectivity index (χ1) is 12.2. The first-order valence-corrected chi connectivity index (χ1v) is 10.4. The zero-order valence-electron chi connectivity index (χ0n) is 15.5. The number of aliphatic hydroxyl groups is 3. The number of aliphatic hydroxyl groups excluding tert-OH is 2. The Labute approximate surface area is 155 Å². The van der Waals surface area contributed by atoms with Crippen LogP contribution in [0.3, 0.4) is 0 Å². The highest BCUT2D eigenvalue weighted by molar-refractivity contribution is 7.89. The summed E-state index contributed by atoms with van der Waals surface area (Å²) in [6.45, 7) is 5.29. The van der Waals surface area contributed by atoms with E-state index in [1.807, 2.05) is 18.7 Å². The summed E-state index contributed by atoms with van der Waals surface area (Å²) < 4.78 is 26.7. The summed E-state index contributed by atoms with van der Waals surface area (Å²) in [5, 5.41) is 30.4. The van der Waals surface area contributed by atoms with Crippen molar-refractivity contribution >= 4 is 10.0 Å². The Morgan fingerprint density at radius 2 is 1.96 bits per heavy atom. The zero-order valence-corrected chi connectivity index (χ0v) is 16.3. The molecule has 0 amide bonds. The molecule has 1 saturated heterocycles. The van der Waals surface area contributed by atoms with E-state index in [1.165, 1.54) is 12.1 Å². The highest BCUT2D eigenvalue weighted by Gasteiger charge is 2.49. The molecule has 0 bridgehead atoms. The summed E-state index contributed by atoms with van der Waals surface area (Å²) in [7, 11) is -3.76. The minimum atomic E-state index is -3.76. The van der Waals surface area contributed by atoms with Gasteiger partial charge in [-0.15, -0.1) is 0 Å². The molecule has 1 aromatic rings. The third kappa shape index (κ3) is 5.03. The second-order valence-corrected chi connectivity index (χ2v) is 9.37. The summed E-state index contributed by atoms with van der Waals surface area (Å²) in [5.74, 6) is 0.347. The van der Waals surface area contributed by atoms with Crippen LogP contribution < -0.4 is 0 Å². The van der Waals surface area contributed by atoms with Crippen molar-refractivity contribution in [1.29, 1.82) is 0 Å². The lowest BCUT2D eigenvalue weighted by molar-refractivity contribution is -0.0629. The molecule has 2 atom stereocenters. The van der Waals surface area contributed by atoms with Crippen molar-refractivity contribution in [2.24, 2.45) is 5.92 Å². The summed E-state index contributed by atoms with van der Waals surface area (Å²) in [5.41, 5.74) is -1.54. The van der Waals surface area contributed by atoms with Crippen LogP contribution in [-0.2, 0) is 10.0 Å². The lowest BCUT2D eigenvalue weighted by Gasteiger charge is -2.34. The average molecular weight is 387 g/mol. The predicted molar refractivity (Wildman–Crippen MR) is 99.1 cm³/mol. The Morgan fingerprint density at radius 1 is 1.31 bits per heavy atom. The van der Waals surface area contributed by atoms with Gasteiger partial charge in [-0.1, -0.05) is 32.0 Å². The molecule has 0 unspecified atom stereocenters. The molecule has 26 heavy (non-hydrogen) atoms. The summed E-state index contributed by atoms with van der Waals surface area (Å²) >= 11 is 0. The first kappa shape index (κ1) is 21.3. The van der Waals surface area contributed by atoms with Crippen LogP contribution in [0.2, 0.25) is 0 Å². The first-order valence-electron chi connectivity index (χ1n) is 8.98. The van der Waals surface area contributed by atoms with Crippen LogP contribution in [0.4, 0.5) is 0 Å². The number of hydrogen-bond acceptors (Lipinski definition) is 6. The fourth-order valence-electron chi connectivity index (χ4n) is 3.35. The van der Waals surface area contributed by atoms with Crippen LogP contribution in [-0.4, -0.2) is 84.0 Å². The van der Waals surface area contributed by atoms with E-state index >= 15 is 0 Å². The molecule has 3 N–H and O–H groups in total. The molecule has 1 aliphatic heterocycles. The molecule has 1 aromatic carbocycles. The second-order valence-electron chi connectivity index (χ2n) is 7.44. The summed E-state index contributed by atoms with van der Waals surface area (Å²) in [6.07, 6.45) is -0.602. The Bertz CT molecular complexity index is 667. The second kappa shape index (κ2) is 8.77. The van der Waals surface area contributed by atoms with Crippen molar-refractivity contribution in [1.82, 2.24) is 9.21 Å². The van der Waals surface area contributed by atoms with Gasteiger partial charge in [-0.3, -0.25) is 4.90 Å². The van der Waals surface area contributed by atoms with Gasteiger partial charge in [0.15, 0.2) is 0 Å². The van der Waals surface area contributed by atoms with Gasteiger partial charge in [-0.25, -0.2) is 8.42 Å². The fourth-order valence-corrected chi connectivity index (χ4v) is 4.88. The lowest BCUT2D eigenvalue weighted by Crippen LogP contribution is -2.52. The van der Waals surface area contributed by atoms with E-state index in [-0.39, 0.29) is 31.1 Å². The summed E-state index contributed by atoms with van der Waals surface area (Å²) in [6, 6.07) is 8.03. The molecule has 8 heteroatoms. The molecule has 148 valence electrons. The topological polar surface area (TPSA) is 101 Å². The van der Waals surface area contributed by atoms with E-state index < -0.39 is 21.7 Å². The van der Waals surface area contributed by atoms with Crippen molar-refractivity contribution in [3.05, 3.63) is 30.3 Å². The Morgan fingerprint density at radius 3 is 2.54 bits per heavy atom. The molecule has 0 saturated carbocycles. The monoisotopic (exact) mass is 386 g/mol. The third-order valence-corrected chi connectivity index (χ3v) is 6.41. The van der Waals surface area contributed by atoms with E-state index in [0.717, 1.165) is 4.31 Å². The lowest BCUT2D eigenvalue weighted by atomic mass is 9.99. The van der Waals surface area contributed by atoms with Gasteiger partial charge in [0.05, 0.1) is 11.0 Å². The van der Waals surface area contributed by atoms with Crippen LogP contribution in [0.25, 0.3) is 0 Å². The van der Waals surface area contributed by atoms with Crippen LogP contribution >= 0.6 is 0 Å². The number of hydrogen-bond donors (Lipinski definition) is 3. The van der Waals surface area contributed by atoms with Crippen molar-refractivity contribution in [3.8, 4) is 0 Å². The SMILES string of the molecule is CC(C)CN(CCCO)C[C@]1(O)CN(S(=O)(=O)c2ccccc2)C[C@H]1O. The van der Waals surface area contributed by atoms with Gasteiger partial charge in [0.2, 0.25) is 10.0 Å². The average Bonchev–Trinajstić information content (AvgIpc) is 2.88. The number of rotatable bonds is 9. The number of sulfonamides is 1. The minimum absolute atomic E-state index is 0.0457. The van der Waals surface area contributed by atoms with E-state index in [2.05, 4.69) is 0 Å². The van der Waals surface area contributed by atoms with Gasteiger partial charge < -0.3 is 15.3 Å². The van der Waals surface area contributed by atoms with Gasteiger partial charge in [0.1, 0.15) is 5.60 Å². The molecule has 1 heterocycles. The normalized spacial score (nSPS) is 24.7. The molecule has 2 rings (SSSR count). The summed E-state index contributed by atoms with van der Waals surface area (Å²) in [4.78, 5) is 2.12. The highest BCUT2D eigenvalue weighted by atomic mass is 32.2. The molecule has 0 spiro atoms. The number of nitrogens with zero attached hydrogens (tertiary/aromatic N) is 2.